The van der Waals surface area contributed by atoms with Crippen molar-refractivity contribution in [2.75, 3.05) is 32.7 Å². The largest absolute Gasteiger partial charge is 0.337 e. The molecule has 1 amide bonds. The number of carbonyl (C=O) groups excluding carboxylic acids is 1. The lowest BCUT2D eigenvalue weighted by Gasteiger charge is -2.22. The van der Waals surface area contributed by atoms with Crippen molar-refractivity contribution in [3.8, 4) is 0 Å². The van der Waals surface area contributed by atoms with Crippen molar-refractivity contribution in [1.82, 2.24) is 9.80 Å². The van der Waals surface area contributed by atoms with Crippen molar-refractivity contribution in [1.29, 1.82) is 0 Å². The highest BCUT2D eigenvalue weighted by molar-refractivity contribution is 7.12. The SMILES string of the molecule is N[C@@H](CCN1CC2CN(C(=O)c3sccc3Cl)CC2C1)c1ccccc1. The first-order valence-electron chi connectivity index (χ1n) is 9.17. The summed E-state index contributed by atoms with van der Waals surface area (Å²) in [6.45, 7) is 4.84. The van der Waals surface area contributed by atoms with E-state index in [1.54, 1.807) is 6.07 Å². The van der Waals surface area contributed by atoms with Crippen molar-refractivity contribution in [3.05, 3.63) is 57.2 Å². The molecule has 0 bridgehead atoms. The van der Waals surface area contributed by atoms with Crippen LogP contribution in [0.2, 0.25) is 5.02 Å². The van der Waals surface area contributed by atoms with Gasteiger partial charge >= 0.3 is 0 Å². The number of hydrogen-bond donors (Lipinski definition) is 1. The molecule has 0 radical (unpaired) electrons. The van der Waals surface area contributed by atoms with Gasteiger partial charge in [0.2, 0.25) is 0 Å². The molecule has 3 atom stereocenters. The van der Waals surface area contributed by atoms with E-state index in [0.717, 1.165) is 39.1 Å². The second-order valence-electron chi connectivity index (χ2n) is 7.39. The van der Waals surface area contributed by atoms with Crippen LogP contribution >= 0.6 is 22.9 Å². The number of likely N-dealkylation sites (tertiary alicyclic amines) is 2. The average Bonchev–Trinajstić information content (AvgIpc) is 3.34. The Hall–Kier alpha value is -1.40. The molecule has 0 saturated carbocycles. The van der Waals surface area contributed by atoms with E-state index in [2.05, 4.69) is 17.0 Å². The number of halogens is 1. The predicted octanol–water partition coefficient (Wildman–Crippen LogP) is 3.50. The minimum Gasteiger partial charge on any atom is -0.337 e. The van der Waals surface area contributed by atoms with E-state index < -0.39 is 0 Å². The fourth-order valence-corrected chi connectivity index (χ4v) is 5.32. The van der Waals surface area contributed by atoms with Crippen molar-refractivity contribution in [2.45, 2.75) is 12.5 Å². The molecule has 2 fully saturated rings. The van der Waals surface area contributed by atoms with Gasteiger partial charge in [0.05, 0.1) is 5.02 Å². The van der Waals surface area contributed by atoms with Gasteiger partial charge in [-0.05, 0) is 41.8 Å². The van der Waals surface area contributed by atoms with Crippen LogP contribution in [0.1, 0.15) is 27.7 Å². The number of nitrogens with zero attached hydrogens (tertiary/aromatic N) is 2. The monoisotopic (exact) mass is 389 g/mol. The highest BCUT2D eigenvalue weighted by Crippen LogP contribution is 2.34. The van der Waals surface area contributed by atoms with Crippen LogP contribution in [0.5, 0.6) is 0 Å². The Morgan fingerprint density at radius 3 is 2.46 bits per heavy atom. The Kier molecular flexibility index (Phi) is 5.32. The van der Waals surface area contributed by atoms with Gasteiger partial charge in [-0.15, -0.1) is 11.3 Å². The van der Waals surface area contributed by atoms with Gasteiger partial charge in [-0.25, -0.2) is 0 Å². The number of rotatable bonds is 5. The molecule has 0 aliphatic carbocycles. The molecule has 138 valence electrons. The summed E-state index contributed by atoms with van der Waals surface area (Å²) in [5, 5.41) is 2.46. The topological polar surface area (TPSA) is 49.6 Å². The highest BCUT2D eigenvalue weighted by atomic mass is 35.5. The quantitative estimate of drug-likeness (QED) is 0.851. The Morgan fingerprint density at radius 1 is 1.15 bits per heavy atom. The summed E-state index contributed by atoms with van der Waals surface area (Å²) in [5.41, 5.74) is 7.53. The Morgan fingerprint density at radius 2 is 1.85 bits per heavy atom. The number of hydrogen-bond acceptors (Lipinski definition) is 4. The van der Waals surface area contributed by atoms with Crippen LogP contribution in [0.4, 0.5) is 0 Å². The number of thiophene rings is 1. The van der Waals surface area contributed by atoms with Gasteiger partial charge in [0, 0.05) is 32.2 Å². The second-order valence-corrected chi connectivity index (χ2v) is 8.72. The maximum atomic E-state index is 12.6. The first-order chi connectivity index (χ1) is 12.6. The van der Waals surface area contributed by atoms with Crippen molar-refractivity contribution < 1.29 is 4.79 Å². The lowest BCUT2D eigenvalue weighted by Crippen LogP contribution is -2.33. The second kappa shape index (κ2) is 7.69. The molecule has 26 heavy (non-hydrogen) atoms. The minimum atomic E-state index is 0.0932. The van der Waals surface area contributed by atoms with Gasteiger partial charge in [-0.3, -0.25) is 4.79 Å². The first kappa shape index (κ1) is 18.0. The van der Waals surface area contributed by atoms with E-state index in [9.17, 15) is 4.79 Å². The zero-order chi connectivity index (χ0) is 18.1. The van der Waals surface area contributed by atoms with Gasteiger partial charge in [-0.1, -0.05) is 41.9 Å². The molecule has 2 saturated heterocycles. The third kappa shape index (κ3) is 3.67. The number of benzene rings is 1. The summed E-state index contributed by atoms with van der Waals surface area (Å²) in [6.07, 6.45) is 0.969. The maximum Gasteiger partial charge on any atom is 0.265 e. The van der Waals surface area contributed by atoms with E-state index in [1.165, 1.54) is 16.9 Å². The molecule has 3 heterocycles. The van der Waals surface area contributed by atoms with Crippen LogP contribution in [-0.4, -0.2) is 48.4 Å². The van der Waals surface area contributed by atoms with E-state index in [4.69, 9.17) is 17.3 Å². The van der Waals surface area contributed by atoms with Crippen molar-refractivity contribution in [2.24, 2.45) is 17.6 Å². The highest BCUT2D eigenvalue weighted by Gasteiger charge is 2.41. The van der Waals surface area contributed by atoms with Crippen LogP contribution in [0, 0.1) is 11.8 Å². The maximum absolute atomic E-state index is 12.6. The lowest BCUT2D eigenvalue weighted by molar-refractivity contribution is 0.0779. The van der Waals surface area contributed by atoms with Gasteiger partial charge in [-0.2, -0.15) is 0 Å². The normalized spacial score (nSPS) is 24.0. The fourth-order valence-electron chi connectivity index (χ4n) is 4.22. The van der Waals surface area contributed by atoms with E-state index >= 15 is 0 Å². The van der Waals surface area contributed by atoms with Crippen LogP contribution in [0.3, 0.4) is 0 Å². The lowest BCUT2D eigenvalue weighted by atomic mass is 10.0. The smallest absolute Gasteiger partial charge is 0.265 e. The Balaban J connectivity index is 1.27. The third-order valence-electron chi connectivity index (χ3n) is 5.64. The fraction of sp³-hybridized carbons (Fsp3) is 0.450. The van der Waals surface area contributed by atoms with Crippen LogP contribution in [0.15, 0.2) is 41.8 Å². The molecule has 2 aliphatic heterocycles. The van der Waals surface area contributed by atoms with Crippen LogP contribution in [0.25, 0.3) is 0 Å². The molecule has 4 rings (SSSR count). The van der Waals surface area contributed by atoms with Crippen LogP contribution < -0.4 is 5.73 Å². The summed E-state index contributed by atoms with van der Waals surface area (Å²) in [4.78, 5) is 17.8. The number of amides is 1. The van der Waals surface area contributed by atoms with E-state index in [0.29, 0.717) is 21.7 Å². The average molecular weight is 390 g/mol. The summed E-state index contributed by atoms with van der Waals surface area (Å²) >= 11 is 7.56. The summed E-state index contributed by atoms with van der Waals surface area (Å²) < 4.78 is 0. The van der Waals surface area contributed by atoms with Gasteiger partial charge in [0.1, 0.15) is 4.88 Å². The van der Waals surface area contributed by atoms with Gasteiger partial charge in [0.25, 0.3) is 5.91 Å². The van der Waals surface area contributed by atoms with E-state index in [1.807, 2.05) is 28.5 Å². The first-order valence-corrected chi connectivity index (χ1v) is 10.4. The third-order valence-corrected chi connectivity index (χ3v) is 6.97. The molecule has 2 aromatic rings. The molecule has 0 spiro atoms. The molecule has 2 N–H and O–H groups in total. The molecular formula is C20H24ClN3OS. The minimum absolute atomic E-state index is 0.0932. The molecule has 6 heteroatoms. The molecule has 2 unspecified atom stereocenters. The van der Waals surface area contributed by atoms with E-state index in [-0.39, 0.29) is 11.9 Å². The zero-order valence-electron chi connectivity index (χ0n) is 14.7. The summed E-state index contributed by atoms with van der Waals surface area (Å²) in [7, 11) is 0. The van der Waals surface area contributed by atoms with Crippen molar-refractivity contribution >= 4 is 28.8 Å². The molecule has 1 aromatic carbocycles. The van der Waals surface area contributed by atoms with Gasteiger partial charge < -0.3 is 15.5 Å². The Labute approximate surface area is 163 Å². The summed E-state index contributed by atoms with van der Waals surface area (Å²) in [5.74, 6) is 1.24. The molecule has 1 aromatic heterocycles. The molecule has 2 aliphatic rings. The zero-order valence-corrected chi connectivity index (χ0v) is 16.3. The Bertz CT molecular complexity index is 751. The molecular weight excluding hydrogens is 366 g/mol. The van der Waals surface area contributed by atoms with Crippen LogP contribution in [-0.2, 0) is 0 Å². The number of fused-ring (bicyclic) bond motifs is 1. The number of nitrogens with two attached hydrogens (primary N) is 1. The van der Waals surface area contributed by atoms with Gasteiger partial charge in [0.15, 0.2) is 0 Å². The summed E-state index contributed by atoms with van der Waals surface area (Å²) in [6, 6.07) is 12.2. The predicted molar refractivity (Wildman–Crippen MR) is 107 cm³/mol. The van der Waals surface area contributed by atoms with Crippen molar-refractivity contribution in [3.63, 3.8) is 0 Å². The number of carbonyl (C=O) groups is 1. The standard InChI is InChI=1S/C20H24ClN3OS/c21-17-7-9-26-19(17)20(25)24-12-15-10-23(11-16(15)13-24)8-6-18(22)14-4-2-1-3-5-14/h1-5,7,9,15-16,18H,6,8,10-13,22H2/t15?,16?,18-/m0/s1. The molecule has 4 nitrogen and oxygen atoms in total.